The number of benzene rings is 2. The first-order chi connectivity index (χ1) is 12.4. The van der Waals surface area contributed by atoms with Gasteiger partial charge in [-0.3, -0.25) is 4.72 Å². The standard InChI is InChI=1S/C18H20ClN3O3S/c1-13-16(19)5-4-6-17(13)21-26(24,25)15-9-7-14(8-10-15)20-18(23)22-11-2-3-12-22/h4-10,21H,2-3,11-12H2,1H3,(H,20,23). The fourth-order valence-corrected chi connectivity index (χ4v) is 4.06. The largest absolute Gasteiger partial charge is 0.325 e. The Hall–Kier alpha value is -2.25. The molecule has 1 heterocycles. The molecule has 0 bridgehead atoms. The number of halogens is 1. The Balaban J connectivity index is 1.72. The second kappa shape index (κ2) is 7.55. The highest BCUT2D eigenvalue weighted by Gasteiger charge is 2.19. The number of rotatable bonds is 4. The minimum absolute atomic E-state index is 0.107. The van der Waals surface area contributed by atoms with E-state index in [9.17, 15) is 13.2 Å². The quantitative estimate of drug-likeness (QED) is 0.821. The van der Waals surface area contributed by atoms with Crippen molar-refractivity contribution in [2.75, 3.05) is 23.1 Å². The molecule has 0 unspecified atom stereocenters. The van der Waals surface area contributed by atoms with Gasteiger partial charge in [0.25, 0.3) is 10.0 Å². The normalized spacial score (nSPS) is 14.3. The molecule has 2 aromatic rings. The molecule has 0 radical (unpaired) electrons. The van der Waals surface area contributed by atoms with E-state index >= 15 is 0 Å². The molecule has 0 saturated carbocycles. The molecule has 3 rings (SSSR count). The van der Waals surface area contributed by atoms with E-state index in [-0.39, 0.29) is 10.9 Å². The van der Waals surface area contributed by atoms with Crippen LogP contribution in [0.4, 0.5) is 16.2 Å². The summed E-state index contributed by atoms with van der Waals surface area (Å²) >= 11 is 6.03. The summed E-state index contributed by atoms with van der Waals surface area (Å²) in [5, 5.41) is 3.27. The molecule has 0 aromatic heterocycles. The zero-order chi connectivity index (χ0) is 18.7. The third-order valence-electron chi connectivity index (χ3n) is 4.32. The van der Waals surface area contributed by atoms with Gasteiger partial charge in [0.05, 0.1) is 10.6 Å². The van der Waals surface area contributed by atoms with Crippen LogP contribution in [-0.2, 0) is 10.0 Å². The summed E-state index contributed by atoms with van der Waals surface area (Å²) in [6, 6.07) is 11.0. The molecule has 1 saturated heterocycles. The van der Waals surface area contributed by atoms with Crippen LogP contribution in [0.2, 0.25) is 5.02 Å². The molecule has 1 aliphatic rings. The zero-order valence-corrected chi connectivity index (χ0v) is 15.9. The number of carbonyl (C=O) groups is 1. The van der Waals surface area contributed by atoms with E-state index in [0.717, 1.165) is 25.9 Å². The lowest BCUT2D eigenvalue weighted by Gasteiger charge is -2.16. The molecule has 6 nitrogen and oxygen atoms in total. The van der Waals surface area contributed by atoms with E-state index in [2.05, 4.69) is 10.0 Å². The van der Waals surface area contributed by atoms with Gasteiger partial charge in [0, 0.05) is 23.8 Å². The SMILES string of the molecule is Cc1c(Cl)cccc1NS(=O)(=O)c1ccc(NC(=O)N2CCCC2)cc1. The highest BCUT2D eigenvalue weighted by atomic mass is 35.5. The average Bonchev–Trinajstić information content (AvgIpc) is 3.14. The summed E-state index contributed by atoms with van der Waals surface area (Å²) in [4.78, 5) is 13.9. The number of anilines is 2. The van der Waals surface area contributed by atoms with Crippen LogP contribution in [0, 0.1) is 6.92 Å². The van der Waals surface area contributed by atoms with Crippen molar-refractivity contribution in [1.29, 1.82) is 0 Å². The van der Waals surface area contributed by atoms with Gasteiger partial charge in [-0.05, 0) is 61.7 Å². The van der Waals surface area contributed by atoms with Crippen LogP contribution in [0.1, 0.15) is 18.4 Å². The number of carbonyl (C=O) groups excluding carboxylic acids is 1. The van der Waals surface area contributed by atoms with Gasteiger partial charge in [-0.25, -0.2) is 13.2 Å². The Kier molecular flexibility index (Phi) is 5.38. The number of hydrogen-bond donors (Lipinski definition) is 2. The van der Waals surface area contributed by atoms with Crippen molar-refractivity contribution in [2.24, 2.45) is 0 Å². The Morgan fingerprint density at radius 2 is 1.73 bits per heavy atom. The summed E-state index contributed by atoms with van der Waals surface area (Å²) in [7, 11) is -3.75. The topological polar surface area (TPSA) is 78.5 Å². The van der Waals surface area contributed by atoms with Crippen LogP contribution in [-0.4, -0.2) is 32.4 Å². The van der Waals surface area contributed by atoms with E-state index in [0.29, 0.717) is 22.0 Å². The molecular weight excluding hydrogens is 374 g/mol. The predicted molar refractivity (Wildman–Crippen MR) is 103 cm³/mol. The van der Waals surface area contributed by atoms with Crippen LogP contribution in [0.15, 0.2) is 47.4 Å². The summed E-state index contributed by atoms with van der Waals surface area (Å²) in [6.07, 6.45) is 2.03. The van der Waals surface area contributed by atoms with E-state index < -0.39 is 10.0 Å². The Morgan fingerprint density at radius 1 is 1.08 bits per heavy atom. The molecule has 8 heteroatoms. The monoisotopic (exact) mass is 393 g/mol. The number of hydrogen-bond acceptors (Lipinski definition) is 3. The molecule has 0 spiro atoms. The van der Waals surface area contributed by atoms with Crippen LogP contribution >= 0.6 is 11.6 Å². The molecule has 1 fully saturated rings. The lowest BCUT2D eigenvalue weighted by molar-refractivity contribution is 0.222. The molecule has 2 amide bonds. The lowest BCUT2D eigenvalue weighted by atomic mass is 10.2. The zero-order valence-electron chi connectivity index (χ0n) is 14.3. The number of likely N-dealkylation sites (tertiary alicyclic amines) is 1. The Morgan fingerprint density at radius 3 is 2.38 bits per heavy atom. The molecule has 1 aliphatic heterocycles. The number of nitrogens with one attached hydrogen (secondary N) is 2. The first kappa shape index (κ1) is 18.5. The first-order valence-corrected chi connectivity index (χ1v) is 10.2. The van der Waals surface area contributed by atoms with Gasteiger partial charge in [-0.2, -0.15) is 0 Å². The summed E-state index contributed by atoms with van der Waals surface area (Å²) in [5.74, 6) is 0. The maximum absolute atomic E-state index is 12.6. The highest BCUT2D eigenvalue weighted by molar-refractivity contribution is 7.92. The van der Waals surface area contributed by atoms with Crippen molar-refractivity contribution < 1.29 is 13.2 Å². The van der Waals surface area contributed by atoms with Crippen LogP contribution < -0.4 is 10.0 Å². The fraction of sp³-hybridized carbons (Fsp3) is 0.278. The van der Waals surface area contributed by atoms with Crippen molar-refractivity contribution in [3.05, 3.63) is 53.1 Å². The van der Waals surface area contributed by atoms with Crippen LogP contribution in [0.5, 0.6) is 0 Å². The minimum atomic E-state index is -3.75. The van der Waals surface area contributed by atoms with Crippen molar-refractivity contribution >= 4 is 39.0 Å². The summed E-state index contributed by atoms with van der Waals surface area (Å²) in [5.41, 5.74) is 1.65. The maximum atomic E-state index is 12.6. The van der Waals surface area contributed by atoms with Gasteiger partial charge in [0.15, 0.2) is 0 Å². The molecule has 2 aromatic carbocycles. The maximum Gasteiger partial charge on any atom is 0.321 e. The van der Waals surface area contributed by atoms with E-state index in [1.54, 1.807) is 42.2 Å². The van der Waals surface area contributed by atoms with Crippen molar-refractivity contribution in [2.45, 2.75) is 24.7 Å². The average molecular weight is 394 g/mol. The van der Waals surface area contributed by atoms with Gasteiger partial charge in [-0.1, -0.05) is 17.7 Å². The number of sulfonamides is 1. The Bertz CT molecular complexity index is 908. The lowest BCUT2D eigenvalue weighted by Crippen LogP contribution is -2.32. The fourth-order valence-electron chi connectivity index (χ4n) is 2.76. The Labute approximate surface area is 158 Å². The minimum Gasteiger partial charge on any atom is -0.325 e. The third-order valence-corrected chi connectivity index (χ3v) is 6.11. The van der Waals surface area contributed by atoms with Crippen molar-refractivity contribution in [3.63, 3.8) is 0 Å². The number of nitrogens with zero attached hydrogens (tertiary/aromatic N) is 1. The summed E-state index contributed by atoms with van der Waals surface area (Å²) in [6.45, 7) is 3.25. The number of urea groups is 1. The van der Waals surface area contributed by atoms with E-state index in [1.807, 2.05) is 0 Å². The van der Waals surface area contributed by atoms with Crippen molar-refractivity contribution in [1.82, 2.24) is 4.90 Å². The van der Waals surface area contributed by atoms with Gasteiger partial charge in [0.1, 0.15) is 0 Å². The molecule has 0 atom stereocenters. The molecule has 26 heavy (non-hydrogen) atoms. The van der Waals surface area contributed by atoms with Crippen molar-refractivity contribution in [3.8, 4) is 0 Å². The highest BCUT2D eigenvalue weighted by Crippen LogP contribution is 2.26. The van der Waals surface area contributed by atoms with E-state index in [4.69, 9.17) is 11.6 Å². The van der Waals surface area contributed by atoms with Gasteiger partial charge >= 0.3 is 6.03 Å². The predicted octanol–water partition coefficient (Wildman–Crippen LogP) is 4.08. The van der Waals surface area contributed by atoms with Gasteiger partial charge in [0.2, 0.25) is 0 Å². The van der Waals surface area contributed by atoms with Crippen LogP contribution in [0.3, 0.4) is 0 Å². The molecule has 2 N–H and O–H groups in total. The smallest absolute Gasteiger partial charge is 0.321 e. The first-order valence-electron chi connectivity index (χ1n) is 8.31. The molecule has 138 valence electrons. The third kappa shape index (κ3) is 4.11. The molecule has 0 aliphatic carbocycles. The molecular formula is C18H20ClN3O3S. The number of amides is 2. The van der Waals surface area contributed by atoms with E-state index in [1.165, 1.54) is 12.1 Å². The van der Waals surface area contributed by atoms with Gasteiger partial charge in [-0.15, -0.1) is 0 Å². The second-order valence-corrected chi connectivity index (χ2v) is 8.26. The van der Waals surface area contributed by atoms with Gasteiger partial charge < -0.3 is 10.2 Å². The summed E-state index contributed by atoms with van der Waals surface area (Å²) < 4.78 is 27.7. The second-order valence-electron chi connectivity index (χ2n) is 6.17. The van der Waals surface area contributed by atoms with Crippen LogP contribution in [0.25, 0.3) is 0 Å².